The van der Waals surface area contributed by atoms with Gasteiger partial charge in [-0.25, -0.2) is 9.97 Å². The molecule has 3 heterocycles. The molecule has 1 aliphatic heterocycles. The Morgan fingerprint density at radius 2 is 2.26 bits per heavy atom. The molecule has 6 nitrogen and oxygen atoms in total. The monoisotopic (exact) mass is 327 g/mol. The third-order valence-corrected chi connectivity index (χ3v) is 5.07. The number of hydrogen-bond donors (Lipinski definition) is 1. The van der Waals surface area contributed by atoms with Crippen LogP contribution in [0.2, 0.25) is 0 Å². The first kappa shape index (κ1) is 15.5. The van der Waals surface area contributed by atoms with Crippen LogP contribution in [0.3, 0.4) is 0 Å². The van der Waals surface area contributed by atoms with Crippen LogP contribution in [0, 0.1) is 0 Å². The van der Waals surface area contributed by atoms with Crippen molar-refractivity contribution in [3.8, 4) is 0 Å². The second-order valence-corrected chi connectivity index (χ2v) is 6.28. The first-order chi connectivity index (χ1) is 11.2. The van der Waals surface area contributed by atoms with Gasteiger partial charge in [-0.2, -0.15) is 0 Å². The highest BCUT2D eigenvalue weighted by Crippen LogP contribution is 2.41. The van der Waals surface area contributed by atoms with Gasteiger partial charge >= 0.3 is 0 Å². The van der Waals surface area contributed by atoms with Crippen LogP contribution in [-0.2, 0) is 11.3 Å². The van der Waals surface area contributed by atoms with Crippen LogP contribution in [-0.4, -0.2) is 38.6 Å². The number of thioether (sulfide) groups is 1. The molecule has 0 aromatic carbocycles. The highest BCUT2D eigenvalue weighted by Gasteiger charge is 2.28. The number of aromatic nitrogens is 3. The van der Waals surface area contributed by atoms with Gasteiger partial charge in [0.25, 0.3) is 0 Å². The Morgan fingerprint density at radius 3 is 2.96 bits per heavy atom. The van der Waals surface area contributed by atoms with Gasteiger partial charge in [-0.15, -0.1) is 0 Å². The van der Waals surface area contributed by atoms with E-state index in [-0.39, 0.29) is 5.37 Å². The van der Waals surface area contributed by atoms with E-state index in [4.69, 9.17) is 0 Å². The maximum atomic E-state index is 11.1. The fraction of sp³-hybridized carbons (Fsp3) is 0.250. The molecule has 7 heteroatoms. The van der Waals surface area contributed by atoms with Crippen molar-refractivity contribution in [3.63, 3.8) is 0 Å². The van der Waals surface area contributed by atoms with Crippen molar-refractivity contribution in [1.29, 1.82) is 0 Å². The molecule has 2 aromatic heterocycles. The topological polar surface area (TPSA) is 71.0 Å². The number of hydrogen-bond acceptors (Lipinski definition) is 7. The van der Waals surface area contributed by atoms with Gasteiger partial charge in [0.15, 0.2) is 6.29 Å². The van der Waals surface area contributed by atoms with Crippen molar-refractivity contribution < 1.29 is 4.79 Å². The lowest BCUT2D eigenvalue weighted by Gasteiger charge is -2.16. The molecule has 0 saturated heterocycles. The Bertz CT molecular complexity index is 734. The van der Waals surface area contributed by atoms with E-state index in [0.29, 0.717) is 12.5 Å². The van der Waals surface area contributed by atoms with E-state index in [1.54, 1.807) is 18.6 Å². The zero-order chi connectivity index (χ0) is 16.2. The SMILES string of the molecule is CC1=C(c2ccnc(NCc3cccnc3)n2)SC(C=O)N1C. The number of carbonyl (C=O) groups is 1. The first-order valence-electron chi connectivity index (χ1n) is 7.21. The van der Waals surface area contributed by atoms with Gasteiger partial charge in [0, 0.05) is 37.9 Å². The van der Waals surface area contributed by atoms with E-state index in [0.717, 1.165) is 28.1 Å². The van der Waals surface area contributed by atoms with Crippen molar-refractivity contribution in [3.05, 3.63) is 53.7 Å². The van der Waals surface area contributed by atoms with Gasteiger partial charge < -0.3 is 15.0 Å². The van der Waals surface area contributed by atoms with Gasteiger partial charge in [-0.1, -0.05) is 17.8 Å². The molecule has 0 aliphatic carbocycles. The summed E-state index contributed by atoms with van der Waals surface area (Å²) in [6, 6.07) is 5.75. The van der Waals surface area contributed by atoms with Crippen LogP contribution in [0.15, 0.2) is 42.5 Å². The summed E-state index contributed by atoms with van der Waals surface area (Å²) in [6.07, 6.45) is 6.22. The van der Waals surface area contributed by atoms with Crippen molar-refractivity contribution in [2.45, 2.75) is 18.8 Å². The third-order valence-electron chi connectivity index (χ3n) is 3.66. The molecule has 0 amide bonds. The summed E-state index contributed by atoms with van der Waals surface area (Å²) in [7, 11) is 1.91. The molecular weight excluding hydrogens is 310 g/mol. The highest BCUT2D eigenvalue weighted by molar-refractivity contribution is 8.09. The van der Waals surface area contributed by atoms with E-state index in [1.165, 1.54) is 11.8 Å². The summed E-state index contributed by atoms with van der Waals surface area (Å²) in [4.78, 5) is 27.0. The molecule has 118 valence electrons. The zero-order valence-corrected chi connectivity index (χ0v) is 13.7. The molecular formula is C16H17N5OS. The number of pyridine rings is 1. The Balaban J connectivity index is 1.77. The molecule has 0 spiro atoms. The van der Waals surface area contributed by atoms with E-state index in [9.17, 15) is 4.79 Å². The minimum atomic E-state index is -0.188. The molecule has 0 bridgehead atoms. The molecule has 3 rings (SSSR count). The van der Waals surface area contributed by atoms with Gasteiger partial charge in [0.2, 0.25) is 5.95 Å². The Labute approximate surface area is 139 Å². The number of nitrogens with zero attached hydrogens (tertiary/aromatic N) is 4. The molecule has 23 heavy (non-hydrogen) atoms. The molecule has 1 aliphatic rings. The van der Waals surface area contributed by atoms with Crippen molar-refractivity contribution in [2.75, 3.05) is 12.4 Å². The van der Waals surface area contributed by atoms with Crippen LogP contribution in [0.1, 0.15) is 18.2 Å². The van der Waals surface area contributed by atoms with Crippen LogP contribution < -0.4 is 5.32 Å². The Morgan fingerprint density at radius 1 is 1.39 bits per heavy atom. The number of rotatable bonds is 5. The van der Waals surface area contributed by atoms with Crippen molar-refractivity contribution in [2.24, 2.45) is 0 Å². The Kier molecular flexibility index (Phi) is 4.57. The minimum Gasteiger partial charge on any atom is -0.359 e. The van der Waals surface area contributed by atoms with Gasteiger partial charge in [-0.3, -0.25) is 4.98 Å². The van der Waals surface area contributed by atoms with E-state index < -0.39 is 0 Å². The smallest absolute Gasteiger partial charge is 0.223 e. The normalized spacial score (nSPS) is 17.5. The number of likely N-dealkylation sites (N-methyl/N-ethyl adjacent to an activating group) is 1. The summed E-state index contributed by atoms with van der Waals surface area (Å²) in [6.45, 7) is 2.61. The van der Waals surface area contributed by atoms with Gasteiger partial charge in [0.05, 0.1) is 10.6 Å². The average Bonchev–Trinajstić information content (AvgIpc) is 2.89. The average molecular weight is 327 g/mol. The molecule has 2 aromatic rings. The predicted octanol–water partition coefficient (Wildman–Crippen LogP) is 2.38. The van der Waals surface area contributed by atoms with Crippen molar-refractivity contribution >= 4 is 28.9 Å². The fourth-order valence-corrected chi connectivity index (χ4v) is 3.42. The van der Waals surface area contributed by atoms with Gasteiger partial charge in [0.1, 0.15) is 5.37 Å². The maximum Gasteiger partial charge on any atom is 0.223 e. The summed E-state index contributed by atoms with van der Waals surface area (Å²) in [5.74, 6) is 0.560. The first-order valence-corrected chi connectivity index (χ1v) is 8.09. The summed E-state index contributed by atoms with van der Waals surface area (Å²) in [5, 5.41) is 3.01. The quantitative estimate of drug-likeness (QED) is 0.845. The minimum absolute atomic E-state index is 0.188. The van der Waals surface area contributed by atoms with Crippen LogP contribution >= 0.6 is 11.8 Å². The van der Waals surface area contributed by atoms with Crippen LogP contribution in [0.25, 0.3) is 4.91 Å². The number of nitrogens with one attached hydrogen (secondary N) is 1. The summed E-state index contributed by atoms with van der Waals surface area (Å²) < 4.78 is 0. The zero-order valence-electron chi connectivity index (χ0n) is 12.9. The third kappa shape index (κ3) is 3.34. The number of anilines is 1. The van der Waals surface area contributed by atoms with Crippen LogP contribution in [0.4, 0.5) is 5.95 Å². The second-order valence-electron chi connectivity index (χ2n) is 5.15. The second kappa shape index (κ2) is 6.78. The van der Waals surface area contributed by atoms with E-state index >= 15 is 0 Å². The largest absolute Gasteiger partial charge is 0.359 e. The van der Waals surface area contributed by atoms with Gasteiger partial charge in [-0.05, 0) is 24.6 Å². The summed E-state index contributed by atoms with van der Waals surface area (Å²) in [5.41, 5.74) is 2.93. The van der Waals surface area contributed by atoms with Crippen molar-refractivity contribution in [1.82, 2.24) is 19.9 Å². The molecule has 0 fully saturated rings. The van der Waals surface area contributed by atoms with E-state index in [2.05, 4.69) is 20.3 Å². The molecule has 1 atom stereocenters. The highest BCUT2D eigenvalue weighted by atomic mass is 32.2. The molecule has 1 unspecified atom stereocenters. The lowest BCUT2D eigenvalue weighted by molar-refractivity contribution is -0.109. The fourth-order valence-electron chi connectivity index (χ4n) is 2.26. The molecule has 0 saturated carbocycles. The van der Waals surface area contributed by atoms with Crippen LogP contribution in [0.5, 0.6) is 0 Å². The molecule has 1 N–H and O–H groups in total. The van der Waals surface area contributed by atoms with E-state index in [1.807, 2.05) is 37.1 Å². The maximum absolute atomic E-state index is 11.1. The lowest BCUT2D eigenvalue weighted by Crippen LogP contribution is -2.23. The summed E-state index contributed by atoms with van der Waals surface area (Å²) >= 11 is 1.51. The number of allylic oxidation sites excluding steroid dienone is 1. The lowest BCUT2D eigenvalue weighted by atomic mass is 10.3. The number of carbonyl (C=O) groups excluding carboxylic acids is 1. The predicted molar refractivity (Wildman–Crippen MR) is 91.4 cm³/mol. The standard InChI is InChI=1S/C16H17N5OS/c1-11-15(23-14(10-22)21(11)2)13-5-7-18-16(20-13)19-9-12-4-3-6-17-8-12/h3-8,10,14H,9H2,1-2H3,(H,18,19,20). The molecule has 0 radical (unpaired) electrons. The Hall–Kier alpha value is -2.41. The number of aldehydes is 1.